The number of aliphatic hydroxyl groups is 7. The Labute approximate surface area is 180 Å². The van der Waals surface area contributed by atoms with Gasteiger partial charge in [0.05, 0.1) is 18.1 Å². The molecule has 2 fully saturated rings. The second-order valence-electron chi connectivity index (χ2n) is 7.41. The molecule has 1 aromatic carbocycles. The highest BCUT2D eigenvalue weighted by Crippen LogP contribution is 2.27. The normalized spacial score (nSPS) is 40.1. The number of nitro benzene ring substituents is 1. The highest BCUT2D eigenvalue weighted by molar-refractivity contribution is 5.36. The number of nitrogens with zero attached hydrogens (tertiary/aromatic N) is 1. The predicted octanol–water partition coefficient (Wildman–Crippen LogP) is -3.40. The Balaban J connectivity index is 1.64. The third-order valence-corrected chi connectivity index (χ3v) is 5.24. The molecule has 0 radical (unpaired) electrons. The van der Waals surface area contributed by atoms with Crippen molar-refractivity contribution >= 4 is 5.69 Å². The minimum Gasteiger partial charge on any atom is -0.462 e. The van der Waals surface area contributed by atoms with Gasteiger partial charge in [0.1, 0.15) is 54.6 Å². The maximum Gasteiger partial charge on any atom is 0.269 e. The van der Waals surface area contributed by atoms with E-state index in [4.69, 9.17) is 18.9 Å². The molecule has 14 nitrogen and oxygen atoms in total. The van der Waals surface area contributed by atoms with Gasteiger partial charge < -0.3 is 54.7 Å². The molecular formula is C18H25NO13. The molecule has 2 aliphatic heterocycles. The molecule has 0 bridgehead atoms. The Morgan fingerprint density at radius 1 is 0.812 bits per heavy atom. The molecule has 0 amide bonds. The van der Waals surface area contributed by atoms with Crippen LogP contribution in [0.2, 0.25) is 0 Å². The third-order valence-electron chi connectivity index (χ3n) is 5.24. The first kappa shape index (κ1) is 24.7. The summed E-state index contributed by atoms with van der Waals surface area (Å²) < 4.78 is 21.4. The van der Waals surface area contributed by atoms with Crippen LogP contribution < -0.4 is 4.74 Å². The first-order valence-corrected chi connectivity index (χ1v) is 9.67. The van der Waals surface area contributed by atoms with Crippen LogP contribution in [0.15, 0.2) is 24.3 Å². The molecule has 14 heteroatoms. The molecule has 10 atom stereocenters. The van der Waals surface area contributed by atoms with Crippen molar-refractivity contribution in [1.29, 1.82) is 0 Å². The third kappa shape index (κ3) is 5.15. The van der Waals surface area contributed by atoms with Gasteiger partial charge in [0.15, 0.2) is 6.29 Å². The zero-order valence-electron chi connectivity index (χ0n) is 16.5. The van der Waals surface area contributed by atoms with E-state index in [0.29, 0.717) is 0 Å². The van der Waals surface area contributed by atoms with Gasteiger partial charge in [0, 0.05) is 12.1 Å². The fraction of sp³-hybridized carbons (Fsp3) is 0.667. The largest absolute Gasteiger partial charge is 0.462 e. The standard InChI is InChI=1S/C18H25NO13/c20-5-9-11(21)13(23)15(25)17(31-9)29-6-10-12(22)14(24)16(26)18(32-10)30-8-3-1-7(2-4-8)19(27)28/h1-4,9-18,20-26H,5-6H2/t9-,10-,11-,12-,13+,14+,15-,16-,17+,18-/m1/s1. The van der Waals surface area contributed by atoms with E-state index in [2.05, 4.69) is 0 Å². The van der Waals surface area contributed by atoms with Crippen molar-refractivity contribution in [2.45, 2.75) is 61.4 Å². The molecule has 2 saturated heterocycles. The zero-order chi connectivity index (χ0) is 23.6. The van der Waals surface area contributed by atoms with Crippen LogP contribution in [0.3, 0.4) is 0 Å². The van der Waals surface area contributed by atoms with Gasteiger partial charge in [-0.3, -0.25) is 10.1 Å². The first-order valence-electron chi connectivity index (χ1n) is 9.67. The molecular weight excluding hydrogens is 438 g/mol. The van der Waals surface area contributed by atoms with Gasteiger partial charge in [-0.05, 0) is 12.1 Å². The summed E-state index contributed by atoms with van der Waals surface area (Å²) in [6.45, 7) is -1.17. The van der Waals surface area contributed by atoms with Crippen LogP contribution in [0, 0.1) is 10.1 Å². The molecule has 0 aliphatic carbocycles. The summed E-state index contributed by atoms with van der Waals surface area (Å²) in [7, 11) is 0. The molecule has 0 aromatic heterocycles. The van der Waals surface area contributed by atoms with Crippen molar-refractivity contribution in [3.8, 4) is 5.75 Å². The van der Waals surface area contributed by atoms with Crippen LogP contribution in [0.5, 0.6) is 5.75 Å². The Kier molecular flexibility index (Phi) is 7.94. The van der Waals surface area contributed by atoms with Crippen LogP contribution in [-0.2, 0) is 14.2 Å². The van der Waals surface area contributed by atoms with E-state index in [9.17, 15) is 45.9 Å². The fourth-order valence-corrected chi connectivity index (χ4v) is 3.33. The summed E-state index contributed by atoms with van der Waals surface area (Å²) in [6, 6.07) is 4.83. The molecule has 1 aromatic rings. The van der Waals surface area contributed by atoms with E-state index in [1.165, 1.54) is 12.1 Å². The second-order valence-corrected chi connectivity index (χ2v) is 7.41. The molecule has 0 unspecified atom stereocenters. The number of hydrogen-bond donors (Lipinski definition) is 7. The number of nitro groups is 1. The van der Waals surface area contributed by atoms with Crippen LogP contribution in [-0.4, -0.2) is 115 Å². The Morgan fingerprint density at radius 2 is 1.34 bits per heavy atom. The Bertz CT molecular complexity index is 762. The quantitative estimate of drug-likeness (QED) is 0.155. The van der Waals surface area contributed by atoms with Gasteiger partial charge in [0.2, 0.25) is 6.29 Å². The van der Waals surface area contributed by atoms with Gasteiger partial charge in [-0.15, -0.1) is 0 Å². The summed E-state index contributed by atoms with van der Waals surface area (Å²) in [5.74, 6) is 0.0804. The minimum absolute atomic E-state index is 0.0804. The van der Waals surface area contributed by atoms with Crippen LogP contribution >= 0.6 is 0 Å². The fourth-order valence-electron chi connectivity index (χ4n) is 3.33. The lowest BCUT2D eigenvalue weighted by atomic mass is 9.98. The van der Waals surface area contributed by atoms with Crippen LogP contribution in [0.4, 0.5) is 5.69 Å². The topological polar surface area (TPSA) is 222 Å². The number of benzene rings is 1. The summed E-state index contributed by atoms with van der Waals surface area (Å²) in [5, 5.41) is 80.1. The summed E-state index contributed by atoms with van der Waals surface area (Å²) in [6.07, 6.45) is -15.4. The van der Waals surface area contributed by atoms with E-state index < -0.39 is 79.5 Å². The second kappa shape index (κ2) is 10.3. The molecule has 0 spiro atoms. The number of rotatable bonds is 7. The van der Waals surface area contributed by atoms with Crippen molar-refractivity contribution in [2.24, 2.45) is 0 Å². The van der Waals surface area contributed by atoms with Gasteiger partial charge in [-0.2, -0.15) is 0 Å². The average molecular weight is 463 g/mol. The zero-order valence-corrected chi connectivity index (χ0v) is 16.5. The monoisotopic (exact) mass is 463 g/mol. The molecule has 32 heavy (non-hydrogen) atoms. The van der Waals surface area contributed by atoms with E-state index in [-0.39, 0.29) is 11.4 Å². The van der Waals surface area contributed by atoms with Crippen LogP contribution in [0.1, 0.15) is 0 Å². The van der Waals surface area contributed by atoms with Crippen molar-refractivity contribution in [1.82, 2.24) is 0 Å². The molecule has 2 aliphatic rings. The molecule has 7 N–H and O–H groups in total. The smallest absolute Gasteiger partial charge is 0.269 e. The Hall–Kier alpha value is -1.98. The van der Waals surface area contributed by atoms with E-state index in [0.717, 1.165) is 12.1 Å². The van der Waals surface area contributed by atoms with E-state index >= 15 is 0 Å². The molecule has 0 saturated carbocycles. The summed E-state index contributed by atoms with van der Waals surface area (Å²) in [4.78, 5) is 10.1. The Morgan fingerprint density at radius 3 is 1.91 bits per heavy atom. The first-order chi connectivity index (χ1) is 15.1. The van der Waals surface area contributed by atoms with E-state index in [1.54, 1.807) is 0 Å². The highest BCUT2D eigenvalue weighted by Gasteiger charge is 2.47. The van der Waals surface area contributed by atoms with Gasteiger partial charge >= 0.3 is 0 Å². The number of aliphatic hydroxyl groups excluding tert-OH is 7. The predicted molar refractivity (Wildman–Crippen MR) is 100 cm³/mol. The van der Waals surface area contributed by atoms with Crippen LogP contribution in [0.25, 0.3) is 0 Å². The van der Waals surface area contributed by atoms with Gasteiger partial charge in [-0.25, -0.2) is 0 Å². The maximum absolute atomic E-state index is 10.7. The highest BCUT2D eigenvalue weighted by atomic mass is 16.7. The summed E-state index contributed by atoms with van der Waals surface area (Å²) >= 11 is 0. The van der Waals surface area contributed by atoms with Crippen molar-refractivity contribution in [3.05, 3.63) is 34.4 Å². The minimum atomic E-state index is -1.71. The number of ether oxygens (including phenoxy) is 4. The molecule has 2 heterocycles. The number of hydrogen-bond acceptors (Lipinski definition) is 13. The molecule has 180 valence electrons. The van der Waals surface area contributed by atoms with Crippen molar-refractivity contribution < 1.29 is 59.6 Å². The maximum atomic E-state index is 10.7. The van der Waals surface area contributed by atoms with Crippen molar-refractivity contribution in [2.75, 3.05) is 13.2 Å². The SMILES string of the molecule is O=[N+]([O-])c1ccc(O[C@@H]2O[C@H](CO[C@H]3O[C@H](CO)[C@@H](O)[C@H](O)[C@H]3O)[C@@H](O)[C@H](O)[C@H]2O)cc1. The average Bonchev–Trinajstić information content (AvgIpc) is 2.78. The van der Waals surface area contributed by atoms with Crippen molar-refractivity contribution in [3.63, 3.8) is 0 Å². The lowest BCUT2D eigenvalue weighted by Crippen LogP contribution is -2.62. The lowest BCUT2D eigenvalue weighted by molar-refractivity contribution is -0.384. The summed E-state index contributed by atoms with van der Waals surface area (Å²) in [5.41, 5.74) is -0.191. The molecule has 3 rings (SSSR count). The lowest BCUT2D eigenvalue weighted by Gasteiger charge is -2.42. The number of non-ortho nitro benzene ring substituents is 1. The van der Waals surface area contributed by atoms with E-state index in [1.807, 2.05) is 0 Å². The van der Waals surface area contributed by atoms with Gasteiger partial charge in [0.25, 0.3) is 5.69 Å². The van der Waals surface area contributed by atoms with Gasteiger partial charge in [-0.1, -0.05) is 0 Å².